The van der Waals surface area contributed by atoms with Crippen LogP contribution >= 0.6 is 0 Å². The van der Waals surface area contributed by atoms with E-state index in [4.69, 9.17) is 5.11 Å². The first-order valence-electron chi connectivity index (χ1n) is 6.59. The molecule has 1 aromatic carbocycles. The molecule has 1 atom stereocenters. The summed E-state index contributed by atoms with van der Waals surface area (Å²) >= 11 is 0. The van der Waals surface area contributed by atoms with Gasteiger partial charge in [-0.25, -0.2) is 4.79 Å². The highest BCUT2D eigenvalue weighted by Gasteiger charge is 2.26. The minimum atomic E-state index is -1.10. The Labute approximate surface area is 123 Å². The number of amides is 2. The highest BCUT2D eigenvalue weighted by atomic mass is 16.4. The van der Waals surface area contributed by atoms with E-state index in [2.05, 4.69) is 5.32 Å². The Hall–Kier alpha value is -2.37. The van der Waals surface area contributed by atoms with Crippen molar-refractivity contribution in [3.05, 3.63) is 35.4 Å². The Morgan fingerprint density at radius 3 is 2.19 bits per heavy atom. The van der Waals surface area contributed by atoms with Gasteiger partial charge in [0.2, 0.25) is 5.91 Å². The molecule has 0 aromatic heterocycles. The van der Waals surface area contributed by atoms with Gasteiger partial charge in [-0.15, -0.1) is 0 Å². The Kier molecular flexibility index (Phi) is 5.46. The molecular weight excluding hydrogens is 272 g/mol. The molecule has 2 amide bonds. The molecule has 1 rings (SSSR count). The second-order valence-electron chi connectivity index (χ2n) is 5.31. The zero-order valence-corrected chi connectivity index (χ0v) is 12.6. The molecule has 0 aliphatic heterocycles. The van der Waals surface area contributed by atoms with Crippen molar-refractivity contribution in [3.63, 3.8) is 0 Å². The zero-order valence-electron chi connectivity index (χ0n) is 12.6. The summed E-state index contributed by atoms with van der Waals surface area (Å²) in [5.74, 6) is -1.85. The molecule has 0 aliphatic carbocycles. The summed E-state index contributed by atoms with van der Waals surface area (Å²) < 4.78 is 0. The Balaban J connectivity index is 2.95. The van der Waals surface area contributed by atoms with Crippen molar-refractivity contribution in [1.82, 2.24) is 10.2 Å². The first kappa shape index (κ1) is 16.7. The molecule has 0 fully saturated rings. The molecule has 21 heavy (non-hydrogen) atoms. The van der Waals surface area contributed by atoms with E-state index in [1.54, 1.807) is 14.1 Å². The summed E-state index contributed by atoms with van der Waals surface area (Å²) in [4.78, 5) is 36.6. The standard InChI is InChI=1S/C15H20N2O4/c1-9(2)12(14(19)17(3)4)16-13(18)10-6-5-7-11(8-10)15(20)21/h5-9,12H,1-4H3,(H,16,18)(H,20,21)/t12-/m0/s1. The lowest BCUT2D eigenvalue weighted by Gasteiger charge is -2.24. The van der Waals surface area contributed by atoms with Gasteiger partial charge in [0.15, 0.2) is 0 Å². The molecule has 6 nitrogen and oxygen atoms in total. The van der Waals surface area contributed by atoms with Gasteiger partial charge >= 0.3 is 5.97 Å². The minimum Gasteiger partial charge on any atom is -0.478 e. The number of rotatable bonds is 5. The van der Waals surface area contributed by atoms with Crippen LogP contribution in [-0.4, -0.2) is 47.9 Å². The number of hydrogen-bond acceptors (Lipinski definition) is 3. The molecule has 114 valence electrons. The average Bonchev–Trinajstić information content (AvgIpc) is 2.43. The van der Waals surface area contributed by atoms with Crippen LogP contribution in [0.1, 0.15) is 34.6 Å². The summed E-state index contributed by atoms with van der Waals surface area (Å²) in [5.41, 5.74) is 0.245. The predicted octanol–water partition coefficient (Wildman–Crippen LogP) is 1.23. The largest absolute Gasteiger partial charge is 0.478 e. The highest BCUT2D eigenvalue weighted by Crippen LogP contribution is 2.09. The molecule has 0 saturated heterocycles. The third kappa shape index (κ3) is 4.30. The van der Waals surface area contributed by atoms with Gasteiger partial charge in [-0.3, -0.25) is 9.59 Å². The number of aromatic carboxylic acids is 1. The highest BCUT2D eigenvalue weighted by molar-refractivity contribution is 5.99. The summed E-state index contributed by atoms with van der Waals surface area (Å²) in [7, 11) is 3.24. The van der Waals surface area contributed by atoms with Crippen LogP contribution in [0.25, 0.3) is 0 Å². The average molecular weight is 292 g/mol. The fourth-order valence-corrected chi connectivity index (χ4v) is 1.81. The molecule has 2 N–H and O–H groups in total. The maximum absolute atomic E-state index is 12.2. The minimum absolute atomic E-state index is 0.0303. The number of carboxylic acids is 1. The number of nitrogens with one attached hydrogen (secondary N) is 1. The number of hydrogen-bond donors (Lipinski definition) is 2. The van der Waals surface area contributed by atoms with Crippen molar-refractivity contribution in [2.24, 2.45) is 5.92 Å². The molecule has 0 unspecified atom stereocenters. The Morgan fingerprint density at radius 2 is 1.71 bits per heavy atom. The van der Waals surface area contributed by atoms with Crippen LogP contribution in [0.4, 0.5) is 0 Å². The quantitative estimate of drug-likeness (QED) is 0.854. The number of likely N-dealkylation sites (N-methyl/N-ethyl adjacent to an activating group) is 1. The summed E-state index contributed by atoms with van der Waals surface area (Å²) in [6, 6.07) is 5.05. The van der Waals surface area contributed by atoms with Crippen LogP contribution in [0, 0.1) is 5.92 Å². The summed E-state index contributed by atoms with van der Waals surface area (Å²) in [5, 5.41) is 11.6. The Bertz CT molecular complexity index is 552. The maximum Gasteiger partial charge on any atom is 0.335 e. The van der Waals surface area contributed by atoms with Crippen LogP contribution < -0.4 is 5.32 Å². The predicted molar refractivity (Wildman–Crippen MR) is 78.2 cm³/mol. The van der Waals surface area contributed by atoms with Crippen LogP contribution in [0.3, 0.4) is 0 Å². The van der Waals surface area contributed by atoms with Gasteiger partial charge in [0.25, 0.3) is 5.91 Å². The molecule has 0 aliphatic rings. The number of nitrogens with zero attached hydrogens (tertiary/aromatic N) is 1. The first-order valence-corrected chi connectivity index (χ1v) is 6.59. The van der Waals surface area contributed by atoms with Crippen LogP contribution in [0.2, 0.25) is 0 Å². The lowest BCUT2D eigenvalue weighted by Crippen LogP contribution is -2.49. The third-order valence-corrected chi connectivity index (χ3v) is 3.03. The van der Waals surface area contributed by atoms with Gasteiger partial charge in [0.05, 0.1) is 5.56 Å². The Morgan fingerprint density at radius 1 is 1.14 bits per heavy atom. The van der Waals surface area contributed by atoms with Crippen LogP contribution in [0.5, 0.6) is 0 Å². The van der Waals surface area contributed by atoms with Gasteiger partial charge in [0, 0.05) is 19.7 Å². The molecular formula is C15H20N2O4. The molecule has 6 heteroatoms. The van der Waals surface area contributed by atoms with E-state index >= 15 is 0 Å². The zero-order chi connectivity index (χ0) is 16.2. The van der Waals surface area contributed by atoms with Crippen molar-refractivity contribution >= 4 is 17.8 Å². The van der Waals surface area contributed by atoms with Gasteiger partial charge in [-0.2, -0.15) is 0 Å². The first-order chi connectivity index (χ1) is 9.73. The number of benzene rings is 1. The lowest BCUT2D eigenvalue weighted by molar-refractivity contribution is -0.131. The smallest absolute Gasteiger partial charge is 0.335 e. The van der Waals surface area contributed by atoms with E-state index in [-0.39, 0.29) is 23.0 Å². The maximum atomic E-state index is 12.2. The topological polar surface area (TPSA) is 86.7 Å². The molecule has 0 heterocycles. The van der Waals surface area contributed by atoms with E-state index in [9.17, 15) is 14.4 Å². The van der Waals surface area contributed by atoms with Gasteiger partial charge < -0.3 is 15.3 Å². The van der Waals surface area contributed by atoms with E-state index < -0.39 is 17.9 Å². The summed E-state index contributed by atoms with van der Waals surface area (Å²) in [6.45, 7) is 3.67. The fourth-order valence-electron chi connectivity index (χ4n) is 1.81. The molecule has 1 aromatic rings. The summed E-state index contributed by atoms with van der Waals surface area (Å²) in [6.07, 6.45) is 0. The van der Waals surface area contributed by atoms with E-state index in [0.29, 0.717) is 0 Å². The van der Waals surface area contributed by atoms with Gasteiger partial charge in [0.1, 0.15) is 6.04 Å². The van der Waals surface area contributed by atoms with Crippen LogP contribution in [0.15, 0.2) is 24.3 Å². The van der Waals surface area contributed by atoms with E-state index in [1.807, 2.05) is 13.8 Å². The van der Waals surface area contributed by atoms with Crippen molar-refractivity contribution in [1.29, 1.82) is 0 Å². The van der Waals surface area contributed by atoms with Crippen molar-refractivity contribution in [3.8, 4) is 0 Å². The lowest BCUT2D eigenvalue weighted by atomic mass is 10.0. The van der Waals surface area contributed by atoms with Crippen molar-refractivity contribution in [2.45, 2.75) is 19.9 Å². The number of carbonyl (C=O) groups is 3. The second-order valence-corrected chi connectivity index (χ2v) is 5.31. The number of carbonyl (C=O) groups excluding carboxylic acids is 2. The monoisotopic (exact) mass is 292 g/mol. The van der Waals surface area contributed by atoms with Crippen LogP contribution in [-0.2, 0) is 4.79 Å². The second kappa shape index (κ2) is 6.88. The molecule has 0 spiro atoms. The van der Waals surface area contributed by atoms with Crippen molar-refractivity contribution < 1.29 is 19.5 Å². The van der Waals surface area contributed by atoms with E-state index in [0.717, 1.165) is 0 Å². The van der Waals surface area contributed by atoms with Gasteiger partial charge in [-0.1, -0.05) is 19.9 Å². The number of carboxylic acid groups (broad SMARTS) is 1. The molecule has 0 radical (unpaired) electrons. The normalized spacial score (nSPS) is 11.9. The third-order valence-electron chi connectivity index (χ3n) is 3.03. The van der Waals surface area contributed by atoms with E-state index in [1.165, 1.54) is 29.2 Å². The van der Waals surface area contributed by atoms with Gasteiger partial charge in [-0.05, 0) is 24.1 Å². The fraction of sp³-hybridized carbons (Fsp3) is 0.400. The van der Waals surface area contributed by atoms with Crippen molar-refractivity contribution in [2.75, 3.05) is 14.1 Å². The SMILES string of the molecule is CC(C)[C@H](NC(=O)c1cccc(C(=O)O)c1)C(=O)N(C)C. The molecule has 0 bridgehead atoms. The molecule has 0 saturated carbocycles.